The number of nitrogens with zero attached hydrogens (tertiary/aromatic N) is 4. The number of aromatic amines is 2. The van der Waals surface area contributed by atoms with Gasteiger partial charge in [-0.15, -0.1) is 11.3 Å². The number of hydrogen-bond acceptors (Lipinski definition) is 7. The van der Waals surface area contributed by atoms with Crippen LogP contribution >= 0.6 is 11.3 Å². The normalized spacial score (nSPS) is 14.7. The fourth-order valence-electron chi connectivity index (χ4n) is 4.51. The third-order valence-electron chi connectivity index (χ3n) is 6.62. The van der Waals surface area contributed by atoms with Crippen molar-refractivity contribution >= 4 is 38.2 Å². The van der Waals surface area contributed by atoms with Crippen LogP contribution in [0.4, 0.5) is 0 Å². The number of benzene rings is 1. The lowest BCUT2D eigenvalue weighted by Gasteiger charge is -2.34. The summed E-state index contributed by atoms with van der Waals surface area (Å²) in [6, 6.07) is 6.64. The maximum absolute atomic E-state index is 12.8. The molecule has 0 unspecified atom stereocenters. The molecule has 0 radical (unpaired) electrons. The van der Waals surface area contributed by atoms with Gasteiger partial charge in [0.05, 0.1) is 29.2 Å². The Bertz CT molecular complexity index is 1610. The van der Waals surface area contributed by atoms with Gasteiger partial charge in [0.2, 0.25) is 5.91 Å². The maximum Gasteiger partial charge on any atom is 0.273 e. The first-order valence-corrected chi connectivity index (χ1v) is 12.3. The largest absolute Gasteiger partial charge is 0.340 e. The Morgan fingerprint density at radius 3 is 2.49 bits per heavy atom. The molecule has 182 valence electrons. The first-order valence-electron chi connectivity index (χ1n) is 11.5. The number of thiophene rings is 1. The van der Waals surface area contributed by atoms with Crippen LogP contribution in [0.1, 0.15) is 22.7 Å². The van der Waals surface area contributed by atoms with Crippen molar-refractivity contribution in [3.05, 3.63) is 71.6 Å². The standard InChI is InChI=1S/C24H26N6O4S/c1-14-15(2)35-23-20(14)22(33)25-18(26-23)13-28-9-11-29(12-10-28)19(31)7-8-30-24(34)17-6-4-3-5-16(17)21(32)27-30/h3-6H,7-13H2,1-2H3,(H,27,32)(H,25,26,33). The summed E-state index contributed by atoms with van der Waals surface area (Å²) in [4.78, 5) is 63.5. The Kier molecular flexibility index (Phi) is 6.12. The number of H-pyrrole nitrogens is 2. The van der Waals surface area contributed by atoms with E-state index in [1.807, 2.05) is 13.8 Å². The quantitative estimate of drug-likeness (QED) is 0.432. The molecule has 2 N–H and O–H groups in total. The van der Waals surface area contributed by atoms with Gasteiger partial charge in [-0.3, -0.25) is 29.2 Å². The van der Waals surface area contributed by atoms with Gasteiger partial charge in [-0.2, -0.15) is 0 Å². The number of carbonyl (C=O) groups is 1. The van der Waals surface area contributed by atoms with Gasteiger partial charge in [0.15, 0.2) is 0 Å². The molecule has 1 fully saturated rings. The minimum absolute atomic E-state index is 0.0666. The van der Waals surface area contributed by atoms with Gasteiger partial charge < -0.3 is 9.88 Å². The molecular formula is C24H26N6O4S. The van der Waals surface area contributed by atoms with Gasteiger partial charge in [-0.05, 0) is 31.5 Å². The summed E-state index contributed by atoms with van der Waals surface area (Å²) in [6.45, 7) is 6.96. The molecule has 35 heavy (non-hydrogen) atoms. The molecule has 0 aliphatic carbocycles. The van der Waals surface area contributed by atoms with E-state index in [1.54, 1.807) is 29.2 Å². The Morgan fingerprint density at radius 2 is 1.74 bits per heavy atom. The lowest BCUT2D eigenvalue weighted by molar-refractivity contribution is -0.133. The molecule has 10 nitrogen and oxygen atoms in total. The number of nitrogens with one attached hydrogen (secondary N) is 2. The van der Waals surface area contributed by atoms with Crippen molar-refractivity contribution < 1.29 is 4.79 Å². The molecule has 0 saturated carbocycles. The average Bonchev–Trinajstić information content (AvgIpc) is 3.14. The van der Waals surface area contributed by atoms with Gasteiger partial charge >= 0.3 is 0 Å². The molecule has 0 atom stereocenters. The van der Waals surface area contributed by atoms with Gasteiger partial charge in [-0.25, -0.2) is 9.67 Å². The zero-order valence-corrected chi connectivity index (χ0v) is 20.4. The van der Waals surface area contributed by atoms with Crippen molar-refractivity contribution in [2.45, 2.75) is 33.4 Å². The van der Waals surface area contributed by atoms with Crippen molar-refractivity contribution in [1.82, 2.24) is 29.5 Å². The molecule has 0 spiro atoms. The van der Waals surface area contributed by atoms with E-state index in [0.29, 0.717) is 54.7 Å². The van der Waals surface area contributed by atoms with Crippen LogP contribution in [0, 0.1) is 13.8 Å². The Morgan fingerprint density at radius 1 is 1.03 bits per heavy atom. The second-order valence-corrected chi connectivity index (χ2v) is 10.0. The van der Waals surface area contributed by atoms with Crippen LogP contribution < -0.4 is 16.7 Å². The van der Waals surface area contributed by atoms with E-state index in [2.05, 4.69) is 20.0 Å². The van der Waals surface area contributed by atoms with Gasteiger partial charge in [0.25, 0.3) is 16.7 Å². The number of amides is 1. The highest BCUT2D eigenvalue weighted by Gasteiger charge is 2.22. The Balaban J connectivity index is 1.19. The minimum Gasteiger partial charge on any atom is -0.340 e. The van der Waals surface area contributed by atoms with Crippen LogP contribution in [0.2, 0.25) is 0 Å². The first-order chi connectivity index (χ1) is 16.8. The summed E-state index contributed by atoms with van der Waals surface area (Å²) in [5.41, 5.74) is 0.210. The second-order valence-electron chi connectivity index (χ2n) is 8.83. The summed E-state index contributed by atoms with van der Waals surface area (Å²) in [5.74, 6) is 0.561. The lowest BCUT2D eigenvalue weighted by atomic mass is 10.2. The van der Waals surface area contributed by atoms with E-state index < -0.39 is 0 Å². The lowest BCUT2D eigenvalue weighted by Crippen LogP contribution is -2.48. The Labute approximate surface area is 203 Å². The molecule has 3 aromatic heterocycles. The van der Waals surface area contributed by atoms with Crippen LogP contribution in [0.3, 0.4) is 0 Å². The molecular weight excluding hydrogens is 468 g/mol. The second kappa shape index (κ2) is 9.23. The van der Waals surface area contributed by atoms with Crippen molar-refractivity contribution in [2.24, 2.45) is 0 Å². The van der Waals surface area contributed by atoms with E-state index in [0.717, 1.165) is 15.3 Å². The van der Waals surface area contributed by atoms with E-state index >= 15 is 0 Å². The molecule has 4 heterocycles. The molecule has 1 aromatic carbocycles. The van der Waals surface area contributed by atoms with E-state index in [-0.39, 0.29) is 35.6 Å². The van der Waals surface area contributed by atoms with E-state index in [9.17, 15) is 19.2 Å². The molecule has 11 heteroatoms. The zero-order valence-electron chi connectivity index (χ0n) is 19.6. The van der Waals surface area contributed by atoms with Crippen LogP contribution in [-0.2, 0) is 17.9 Å². The number of carbonyl (C=O) groups excluding carboxylic acids is 1. The SMILES string of the molecule is Cc1sc2nc(CN3CCN(C(=O)CCn4[nH]c(=O)c5ccccc5c4=O)CC3)[nH]c(=O)c2c1C. The molecule has 5 rings (SSSR count). The number of hydrogen-bond donors (Lipinski definition) is 2. The van der Waals surface area contributed by atoms with Crippen molar-refractivity contribution in [1.29, 1.82) is 0 Å². The highest BCUT2D eigenvalue weighted by molar-refractivity contribution is 7.18. The highest BCUT2D eigenvalue weighted by atomic mass is 32.1. The zero-order chi connectivity index (χ0) is 24.7. The van der Waals surface area contributed by atoms with E-state index in [1.165, 1.54) is 16.0 Å². The number of fused-ring (bicyclic) bond motifs is 2. The van der Waals surface area contributed by atoms with Gasteiger partial charge in [-0.1, -0.05) is 12.1 Å². The fourth-order valence-corrected chi connectivity index (χ4v) is 5.56. The summed E-state index contributed by atoms with van der Waals surface area (Å²) in [6.07, 6.45) is 0.122. The molecule has 0 bridgehead atoms. The summed E-state index contributed by atoms with van der Waals surface area (Å²) in [7, 11) is 0. The molecule has 1 aliphatic rings. The number of rotatable bonds is 5. The number of aryl methyl sites for hydroxylation is 3. The predicted molar refractivity (Wildman–Crippen MR) is 135 cm³/mol. The molecule has 1 amide bonds. The van der Waals surface area contributed by atoms with Gasteiger partial charge in [0.1, 0.15) is 10.7 Å². The Hall–Kier alpha value is -3.57. The van der Waals surface area contributed by atoms with Crippen LogP contribution in [0.15, 0.2) is 38.6 Å². The van der Waals surface area contributed by atoms with Crippen LogP contribution in [-0.4, -0.2) is 61.6 Å². The van der Waals surface area contributed by atoms with Gasteiger partial charge in [0, 0.05) is 37.5 Å². The monoisotopic (exact) mass is 494 g/mol. The first kappa shape index (κ1) is 23.2. The fraction of sp³-hybridized carbons (Fsp3) is 0.375. The average molecular weight is 495 g/mol. The topological polar surface area (TPSA) is 124 Å². The van der Waals surface area contributed by atoms with Crippen molar-refractivity contribution in [2.75, 3.05) is 26.2 Å². The summed E-state index contributed by atoms with van der Waals surface area (Å²) < 4.78 is 1.21. The predicted octanol–water partition coefficient (Wildman–Crippen LogP) is 1.34. The van der Waals surface area contributed by atoms with Crippen LogP contribution in [0.25, 0.3) is 21.0 Å². The maximum atomic E-state index is 12.8. The highest BCUT2D eigenvalue weighted by Crippen LogP contribution is 2.25. The minimum atomic E-state index is -0.348. The molecule has 4 aromatic rings. The summed E-state index contributed by atoms with van der Waals surface area (Å²) >= 11 is 1.53. The van der Waals surface area contributed by atoms with Crippen LogP contribution in [0.5, 0.6) is 0 Å². The number of aromatic nitrogens is 4. The smallest absolute Gasteiger partial charge is 0.273 e. The van der Waals surface area contributed by atoms with Crippen molar-refractivity contribution in [3.8, 4) is 0 Å². The van der Waals surface area contributed by atoms with Crippen molar-refractivity contribution in [3.63, 3.8) is 0 Å². The summed E-state index contributed by atoms with van der Waals surface area (Å²) in [5, 5.41) is 3.92. The third-order valence-corrected chi connectivity index (χ3v) is 7.72. The number of piperazine rings is 1. The molecule has 1 aliphatic heterocycles. The third kappa shape index (κ3) is 4.44. The van der Waals surface area contributed by atoms with E-state index in [4.69, 9.17) is 0 Å². The molecule has 1 saturated heterocycles.